The number of fused-ring (bicyclic) bond motifs is 1. The fourth-order valence-electron chi connectivity index (χ4n) is 3.37. The molecule has 6 nitrogen and oxygen atoms in total. The van der Waals surface area contributed by atoms with Crippen molar-refractivity contribution in [3.63, 3.8) is 0 Å². The Hall–Kier alpha value is -2.34. The second-order valence-electron chi connectivity index (χ2n) is 6.72. The first-order valence-corrected chi connectivity index (χ1v) is 8.95. The second-order valence-corrected chi connectivity index (χ2v) is 6.72. The molecule has 1 aliphatic rings. The first-order chi connectivity index (χ1) is 12.1. The number of aryl methyl sites for hydroxylation is 1. The lowest BCUT2D eigenvalue weighted by atomic mass is 9.93. The van der Waals surface area contributed by atoms with Crippen molar-refractivity contribution < 1.29 is 14.7 Å². The van der Waals surface area contributed by atoms with Crippen molar-refractivity contribution in [3.05, 3.63) is 30.5 Å². The number of amides is 2. The zero-order chi connectivity index (χ0) is 17.8. The summed E-state index contributed by atoms with van der Waals surface area (Å²) in [4.78, 5) is 24.2. The molecule has 1 aromatic heterocycles. The lowest BCUT2D eigenvalue weighted by Crippen LogP contribution is -2.43. The molecule has 0 radical (unpaired) electrons. The summed E-state index contributed by atoms with van der Waals surface area (Å²) < 4.78 is 2.17. The smallest absolute Gasteiger partial charge is 0.313 e. The Morgan fingerprint density at radius 3 is 2.64 bits per heavy atom. The zero-order valence-corrected chi connectivity index (χ0v) is 14.5. The van der Waals surface area contributed by atoms with E-state index in [1.807, 2.05) is 30.5 Å². The molecule has 1 heterocycles. The van der Waals surface area contributed by atoms with Crippen molar-refractivity contribution >= 4 is 28.4 Å². The third-order valence-electron chi connectivity index (χ3n) is 4.73. The molecule has 1 saturated carbocycles. The number of aromatic nitrogens is 1. The van der Waals surface area contributed by atoms with E-state index in [9.17, 15) is 14.7 Å². The number of carbonyl (C=O) groups excluding carboxylic acids is 2. The van der Waals surface area contributed by atoms with Crippen LogP contribution in [0.4, 0.5) is 5.69 Å². The molecule has 2 aromatic rings. The van der Waals surface area contributed by atoms with E-state index < -0.39 is 11.8 Å². The quantitative estimate of drug-likeness (QED) is 0.746. The predicted molar refractivity (Wildman–Crippen MR) is 97.3 cm³/mol. The summed E-state index contributed by atoms with van der Waals surface area (Å²) in [6.07, 6.45) is 5.54. The van der Waals surface area contributed by atoms with E-state index in [0.29, 0.717) is 31.4 Å². The Morgan fingerprint density at radius 1 is 1.16 bits per heavy atom. The summed E-state index contributed by atoms with van der Waals surface area (Å²) in [5.74, 6) is -1.27. The average Bonchev–Trinajstić information content (AvgIpc) is 2.99. The van der Waals surface area contributed by atoms with Crippen LogP contribution in [0.2, 0.25) is 0 Å². The highest BCUT2D eigenvalue weighted by Crippen LogP contribution is 2.21. The number of benzene rings is 1. The molecule has 134 valence electrons. The van der Waals surface area contributed by atoms with Crippen molar-refractivity contribution in [2.24, 2.45) is 0 Å². The average molecular weight is 343 g/mol. The van der Waals surface area contributed by atoms with Crippen LogP contribution < -0.4 is 10.6 Å². The molecule has 0 bridgehead atoms. The zero-order valence-electron chi connectivity index (χ0n) is 14.5. The van der Waals surface area contributed by atoms with Crippen LogP contribution in [-0.4, -0.2) is 33.6 Å². The van der Waals surface area contributed by atoms with Crippen LogP contribution in [0.25, 0.3) is 10.9 Å². The maximum Gasteiger partial charge on any atom is 0.313 e. The molecule has 1 aromatic carbocycles. The lowest BCUT2D eigenvalue weighted by Gasteiger charge is -2.25. The van der Waals surface area contributed by atoms with Gasteiger partial charge < -0.3 is 20.3 Å². The van der Waals surface area contributed by atoms with Gasteiger partial charge in [-0.2, -0.15) is 0 Å². The van der Waals surface area contributed by atoms with Gasteiger partial charge in [0.2, 0.25) is 0 Å². The Labute approximate surface area is 147 Å². The topological polar surface area (TPSA) is 83.4 Å². The minimum absolute atomic E-state index is 0.0350. The highest BCUT2D eigenvalue weighted by Gasteiger charge is 2.23. The Kier molecular flexibility index (Phi) is 5.38. The molecule has 6 heteroatoms. The molecular weight excluding hydrogens is 318 g/mol. The number of nitrogens with zero attached hydrogens (tertiary/aromatic N) is 1. The van der Waals surface area contributed by atoms with Gasteiger partial charge in [-0.3, -0.25) is 9.59 Å². The fourth-order valence-corrected chi connectivity index (χ4v) is 3.37. The predicted octanol–water partition coefficient (Wildman–Crippen LogP) is 2.41. The maximum atomic E-state index is 12.1. The standard InChI is InChI=1S/C19H25N3O3/c1-2-10-22-11-9-13-12-15(5-8-17(13)22)21-19(25)18(24)20-14-3-6-16(23)7-4-14/h5,8-9,11-12,14,16,23H,2-4,6-7,10H2,1H3,(H,20,24)(H,21,25). The molecule has 0 spiro atoms. The molecule has 0 aliphatic heterocycles. The second kappa shape index (κ2) is 7.70. The van der Waals surface area contributed by atoms with Gasteiger partial charge in [-0.05, 0) is 56.4 Å². The molecule has 0 unspecified atom stereocenters. The Balaban J connectivity index is 1.60. The highest BCUT2D eigenvalue weighted by molar-refractivity contribution is 6.39. The van der Waals surface area contributed by atoms with E-state index in [2.05, 4.69) is 22.1 Å². The lowest BCUT2D eigenvalue weighted by molar-refractivity contribution is -0.136. The number of rotatable bonds is 4. The normalized spacial score (nSPS) is 20.4. The fraction of sp³-hybridized carbons (Fsp3) is 0.474. The van der Waals surface area contributed by atoms with Crippen LogP contribution in [0.1, 0.15) is 39.0 Å². The number of hydrogen-bond acceptors (Lipinski definition) is 3. The van der Waals surface area contributed by atoms with Gasteiger partial charge in [0, 0.05) is 35.4 Å². The number of nitrogens with one attached hydrogen (secondary N) is 2. The first-order valence-electron chi connectivity index (χ1n) is 8.95. The summed E-state index contributed by atoms with van der Waals surface area (Å²) >= 11 is 0. The number of aliphatic hydroxyl groups excluding tert-OH is 1. The summed E-state index contributed by atoms with van der Waals surface area (Å²) in [6, 6.07) is 7.63. The largest absolute Gasteiger partial charge is 0.393 e. The van der Waals surface area contributed by atoms with E-state index in [-0.39, 0.29) is 12.1 Å². The van der Waals surface area contributed by atoms with Crippen LogP contribution in [0.15, 0.2) is 30.5 Å². The molecular formula is C19H25N3O3. The van der Waals surface area contributed by atoms with Crippen molar-refractivity contribution in [2.75, 3.05) is 5.32 Å². The minimum Gasteiger partial charge on any atom is -0.393 e. The molecule has 3 N–H and O–H groups in total. The monoisotopic (exact) mass is 343 g/mol. The van der Waals surface area contributed by atoms with Crippen LogP contribution in [0.5, 0.6) is 0 Å². The van der Waals surface area contributed by atoms with Crippen LogP contribution in [-0.2, 0) is 16.1 Å². The highest BCUT2D eigenvalue weighted by atomic mass is 16.3. The maximum absolute atomic E-state index is 12.1. The first kappa shape index (κ1) is 17.5. The number of anilines is 1. The van der Waals surface area contributed by atoms with Gasteiger partial charge in [0.15, 0.2) is 0 Å². The minimum atomic E-state index is -0.654. The van der Waals surface area contributed by atoms with Gasteiger partial charge >= 0.3 is 11.8 Å². The summed E-state index contributed by atoms with van der Waals surface area (Å²) in [6.45, 7) is 3.08. The molecule has 0 saturated heterocycles. The number of carbonyl (C=O) groups is 2. The molecule has 1 fully saturated rings. The van der Waals surface area contributed by atoms with E-state index in [0.717, 1.165) is 23.9 Å². The molecule has 0 atom stereocenters. The van der Waals surface area contributed by atoms with Crippen molar-refractivity contribution in [3.8, 4) is 0 Å². The van der Waals surface area contributed by atoms with E-state index >= 15 is 0 Å². The molecule has 2 amide bonds. The van der Waals surface area contributed by atoms with Crippen molar-refractivity contribution in [1.29, 1.82) is 0 Å². The van der Waals surface area contributed by atoms with E-state index in [4.69, 9.17) is 0 Å². The van der Waals surface area contributed by atoms with E-state index in [1.54, 1.807) is 0 Å². The third-order valence-corrected chi connectivity index (χ3v) is 4.73. The van der Waals surface area contributed by atoms with Gasteiger partial charge in [0.1, 0.15) is 0 Å². The van der Waals surface area contributed by atoms with Crippen LogP contribution >= 0.6 is 0 Å². The van der Waals surface area contributed by atoms with Crippen molar-refractivity contribution in [2.45, 2.75) is 57.7 Å². The van der Waals surface area contributed by atoms with Crippen LogP contribution in [0, 0.1) is 0 Å². The van der Waals surface area contributed by atoms with E-state index in [1.165, 1.54) is 0 Å². The number of hydrogen-bond donors (Lipinski definition) is 3. The third kappa shape index (κ3) is 4.20. The van der Waals surface area contributed by atoms with Crippen molar-refractivity contribution in [1.82, 2.24) is 9.88 Å². The summed E-state index contributed by atoms with van der Waals surface area (Å²) in [5.41, 5.74) is 1.73. The SMILES string of the molecule is CCCn1ccc2cc(NC(=O)C(=O)NC3CCC(O)CC3)ccc21. The molecule has 3 rings (SSSR count). The van der Waals surface area contributed by atoms with Gasteiger partial charge in [-0.25, -0.2) is 0 Å². The Morgan fingerprint density at radius 2 is 1.92 bits per heavy atom. The van der Waals surface area contributed by atoms with Gasteiger partial charge in [-0.15, -0.1) is 0 Å². The molecule has 25 heavy (non-hydrogen) atoms. The van der Waals surface area contributed by atoms with Gasteiger partial charge in [0.05, 0.1) is 6.10 Å². The Bertz CT molecular complexity index is 760. The summed E-state index contributed by atoms with van der Waals surface area (Å²) in [7, 11) is 0. The van der Waals surface area contributed by atoms with Crippen LogP contribution in [0.3, 0.4) is 0 Å². The van der Waals surface area contributed by atoms with Gasteiger partial charge in [0.25, 0.3) is 0 Å². The van der Waals surface area contributed by atoms with Gasteiger partial charge in [-0.1, -0.05) is 6.92 Å². The number of aliphatic hydroxyl groups is 1. The molecule has 1 aliphatic carbocycles. The summed E-state index contributed by atoms with van der Waals surface area (Å²) in [5, 5.41) is 15.9.